The van der Waals surface area contributed by atoms with Crippen molar-refractivity contribution in [2.75, 3.05) is 12.0 Å². The molecule has 0 spiro atoms. The molecule has 1 N–H and O–H groups in total. The van der Waals surface area contributed by atoms with Crippen LogP contribution in [0.15, 0.2) is 18.2 Å². The van der Waals surface area contributed by atoms with Crippen molar-refractivity contribution in [1.29, 1.82) is 0 Å². The van der Waals surface area contributed by atoms with Gasteiger partial charge in [0.1, 0.15) is 0 Å². The second kappa shape index (κ2) is 8.31. The van der Waals surface area contributed by atoms with Gasteiger partial charge in [-0.3, -0.25) is 0 Å². The fourth-order valence-electron chi connectivity index (χ4n) is 1.93. The van der Waals surface area contributed by atoms with Crippen LogP contribution in [-0.2, 0) is 0 Å². The zero-order chi connectivity index (χ0) is 13.5. The van der Waals surface area contributed by atoms with Crippen molar-refractivity contribution in [2.45, 2.75) is 38.8 Å². The van der Waals surface area contributed by atoms with Gasteiger partial charge in [0.15, 0.2) is 0 Å². The van der Waals surface area contributed by atoms with Crippen LogP contribution < -0.4 is 5.32 Å². The second-order valence-corrected chi connectivity index (χ2v) is 6.31. The number of thioether (sulfide) groups is 1. The standard InChI is InChI=1S/C14H21Cl2NS/c1-4-14(17-10(2)7-8-18-3)12-6-5-11(15)9-13(12)16/h5-6,9-10,14,17H,4,7-8H2,1-3H3. The lowest BCUT2D eigenvalue weighted by Gasteiger charge is -2.23. The molecule has 0 amide bonds. The van der Waals surface area contributed by atoms with E-state index < -0.39 is 0 Å². The predicted molar refractivity (Wildman–Crippen MR) is 85.1 cm³/mol. The quantitative estimate of drug-likeness (QED) is 0.745. The molecule has 0 aliphatic heterocycles. The van der Waals surface area contributed by atoms with Crippen LogP contribution >= 0.6 is 35.0 Å². The number of nitrogens with one attached hydrogen (secondary N) is 1. The molecule has 2 unspecified atom stereocenters. The Bertz CT molecular complexity index is 371. The minimum atomic E-state index is 0.298. The fraction of sp³-hybridized carbons (Fsp3) is 0.571. The molecule has 0 aliphatic carbocycles. The molecule has 18 heavy (non-hydrogen) atoms. The van der Waals surface area contributed by atoms with Gasteiger partial charge >= 0.3 is 0 Å². The Kier molecular flexibility index (Phi) is 7.47. The highest BCUT2D eigenvalue weighted by atomic mass is 35.5. The summed E-state index contributed by atoms with van der Waals surface area (Å²) in [5.74, 6) is 1.18. The molecule has 0 bridgehead atoms. The minimum absolute atomic E-state index is 0.298. The molecule has 2 atom stereocenters. The summed E-state index contributed by atoms with van der Waals surface area (Å²) in [6.45, 7) is 4.40. The minimum Gasteiger partial charge on any atom is -0.307 e. The highest BCUT2D eigenvalue weighted by Gasteiger charge is 2.15. The first-order chi connectivity index (χ1) is 8.58. The second-order valence-electron chi connectivity index (χ2n) is 4.48. The third kappa shape index (κ3) is 5.00. The lowest BCUT2D eigenvalue weighted by Crippen LogP contribution is -2.30. The molecule has 0 aliphatic rings. The summed E-state index contributed by atoms with van der Waals surface area (Å²) in [5.41, 5.74) is 1.14. The van der Waals surface area contributed by atoms with Crippen molar-refractivity contribution in [2.24, 2.45) is 0 Å². The van der Waals surface area contributed by atoms with E-state index >= 15 is 0 Å². The molecular weight excluding hydrogens is 285 g/mol. The van der Waals surface area contributed by atoms with Crippen LogP contribution in [-0.4, -0.2) is 18.1 Å². The largest absolute Gasteiger partial charge is 0.307 e. The van der Waals surface area contributed by atoms with E-state index in [0.717, 1.165) is 17.0 Å². The summed E-state index contributed by atoms with van der Waals surface area (Å²) in [6.07, 6.45) is 4.33. The average Bonchev–Trinajstić information content (AvgIpc) is 2.34. The number of halogens is 2. The van der Waals surface area contributed by atoms with Crippen LogP contribution in [0.1, 0.15) is 38.3 Å². The van der Waals surface area contributed by atoms with E-state index in [1.807, 2.05) is 30.0 Å². The summed E-state index contributed by atoms with van der Waals surface area (Å²) in [5, 5.41) is 5.08. The Morgan fingerprint density at radius 2 is 2.06 bits per heavy atom. The lowest BCUT2D eigenvalue weighted by molar-refractivity contribution is 0.439. The summed E-state index contributed by atoms with van der Waals surface area (Å²) >= 11 is 14.1. The van der Waals surface area contributed by atoms with E-state index in [0.29, 0.717) is 17.1 Å². The maximum absolute atomic E-state index is 6.26. The van der Waals surface area contributed by atoms with Crippen LogP contribution in [0.2, 0.25) is 10.0 Å². The summed E-state index contributed by atoms with van der Waals surface area (Å²) in [7, 11) is 0. The Balaban J connectivity index is 2.70. The smallest absolute Gasteiger partial charge is 0.0468 e. The maximum atomic E-state index is 6.26. The molecule has 4 heteroatoms. The van der Waals surface area contributed by atoms with Crippen molar-refractivity contribution in [3.05, 3.63) is 33.8 Å². The number of hydrogen-bond donors (Lipinski definition) is 1. The van der Waals surface area contributed by atoms with Gasteiger partial charge in [0, 0.05) is 22.1 Å². The summed E-state index contributed by atoms with van der Waals surface area (Å²) in [4.78, 5) is 0. The first kappa shape index (κ1) is 16.2. The highest BCUT2D eigenvalue weighted by Crippen LogP contribution is 2.28. The summed E-state index contributed by atoms with van der Waals surface area (Å²) < 4.78 is 0. The Morgan fingerprint density at radius 1 is 1.33 bits per heavy atom. The molecule has 1 nitrogen and oxygen atoms in total. The van der Waals surface area contributed by atoms with Gasteiger partial charge in [0.25, 0.3) is 0 Å². The van der Waals surface area contributed by atoms with E-state index in [9.17, 15) is 0 Å². The molecule has 1 aromatic carbocycles. The number of benzene rings is 1. The van der Waals surface area contributed by atoms with E-state index in [1.54, 1.807) is 0 Å². The normalized spacial score (nSPS) is 14.5. The zero-order valence-corrected chi connectivity index (χ0v) is 13.5. The summed E-state index contributed by atoms with van der Waals surface area (Å²) in [6, 6.07) is 6.53. The van der Waals surface area contributed by atoms with Crippen LogP contribution in [0.4, 0.5) is 0 Å². The molecule has 0 fully saturated rings. The van der Waals surface area contributed by atoms with Crippen LogP contribution in [0, 0.1) is 0 Å². The first-order valence-corrected chi connectivity index (χ1v) is 8.43. The van der Waals surface area contributed by atoms with Gasteiger partial charge in [-0.1, -0.05) is 36.2 Å². The molecule has 0 aromatic heterocycles. The van der Waals surface area contributed by atoms with Crippen LogP contribution in [0.25, 0.3) is 0 Å². The third-order valence-electron chi connectivity index (χ3n) is 2.99. The van der Waals surface area contributed by atoms with Crippen molar-refractivity contribution < 1.29 is 0 Å². The van der Waals surface area contributed by atoms with Gasteiger partial charge < -0.3 is 5.32 Å². The van der Waals surface area contributed by atoms with Crippen molar-refractivity contribution in [3.8, 4) is 0 Å². The SMILES string of the molecule is CCC(NC(C)CCSC)c1ccc(Cl)cc1Cl. The molecule has 102 valence electrons. The molecule has 1 aromatic rings. The van der Waals surface area contributed by atoms with E-state index in [2.05, 4.69) is 25.4 Å². The van der Waals surface area contributed by atoms with Crippen molar-refractivity contribution in [1.82, 2.24) is 5.32 Å². The Labute approximate surface area is 125 Å². The zero-order valence-electron chi connectivity index (χ0n) is 11.2. The topological polar surface area (TPSA) is 12.0 Å². The molecule has 0 heterocycles. The van der Waals surface area contributed by atoms with Crippen LogP contribution in [0.5, 0.6) is 0 Å². The maximum Gasteiger partial charge on any atom is 0.0468 e. The molecular formula is C14H21Cl2NS. The van der Waals surface area contributed by atoms with E-state index in [-0.39, 0.29) is 0 Å². The van der Waals surface area contributed by atoms with Gasteiger partial charge in [-0.2, -0.15) is 11.8 Å². The first-order valence-electron chi connectivity index (χ1n) is 6.28. The van der Waals surface area contributed by atoms with E-state index in [1.165, 1.54) is 12.2 Å². The van der Waals surface area contributed by atoms with Gasteiger partial charge in [-0.15, -0.1) is 0 Å². The van der Waals surface area contributed by atoms with Crippen molar-refractivity contribution >= 4 is 35.0 Å². The third-order valence-corrected chi connectivity index (χ3v) is 4.19. The van der Waals surface area contributed by atoms with Gasteiger partial charge in [0.05, 0.1) is 0 Å². The van der Waals surface area contributed by atoms with Gasteiger partial charge in [-0.05, 0) is 49.5 Å². The highest BCUT2D eigenvalue weighted by molar-refractivity contribution is 7.98. The molecule has 0 saturated heterocycles. The molecule has 0 saturated carbocycles. The average molecular weight is 306 g/mol. The van der Waals surface area contributed by atoms with Gasteiger partial charge in [-0.25, -0.2) is 0 Å². The van der Waals surface area contributed by atoms with Crippen LogP contribution in [0.3, 0.4) is 0 Å². The lowest BCUT2D eigenvalue weighted by atomic mass is 10.0. The monoisotopic (exact) mass is 305 g/mol. The molecule has 1 rings (SSSR count). The Hall–Kier alpha value is 0.110. The number of hydrogen-bond acceptors (Lipinski definition) is 2. The van der Waals surface area contributed by atoms with E-state index in [4.69, 9.17) is 23.2 Å². The van der Waals surface area contributed by atoms with Crippen molar-refractivity contribution in [3.63, 3.8) is 0 Å². The fourth-order valence-corrected chi connectivity index (χ4v) is 3.06. The van der Waals surface area contributed by atoms with Gasteiger partial charge in [0.2, 0.25) is 0 Å². The Morgan fingerprint density at radius 3 is 2.61 bits per heavy atom. The predicted octanol–water partition coefficient (Wildman–Crippen LogP) is 5.18. The molecule has 0 radical (unpaired) electrons. The number of rotatable bonds is 7.